The number of thioether (sulfide) groups is 1. The summed E-state index contributed by atoms with van der Waals surface area (Å²) < 4.78 is 0. The molecular weight excluding hydrogens is 240 g/mol. The van der Waals surface area contributed by atoms with E-state index < -0.39 is 4.92 Å². The van der Waals surface area contributed by atoms with Crippen LogP contribution in [0.5, 0.6) is 0 Å². The van der Waals surface area contributed by atoms with Gasteiger partial charge in [0, 0.05) is 29.0 Å². The zero-order valence-corrected chi connectivity index (χ0v) is 9.65. The highest BCUT2D eigenvalue weighted by molar-refractivity contribution is 8.08. The highest BCUT2D eigenvalue weighted by atomic mass is 32.2. The smallest absolute Gasteiger partial charge is 0.269 e. The summed E-state index contributed by atoms with van der Waals surface area (Å²) in [7, 11) is 0. The molecule has 1 aliphatic rings. The molecule has 17 heavy (non-hydrogen) atoms. The molecule has 1 aromatic rings. The number of benzene rings is 1. The third-order valence-electron chi connectivity index (χ3n) is 2.37. The van der Waals surface area contributed by atoms with Gasteiger partial charge in [-0.25, -0.2) is 0 Å². The maximum absolute atomic E-state index is 10.5. The summed E-state index contributed by atoms with van der Waals surface area (Å²) in [5.41, 5.74) is 0.992. The van der Waals surface area contributed by atoms with Crippen LogP contribution in [0, 0.1) is 10.1 Å². The van der Waals surface area contributed by atoms with Crippen LogP contribution in [-0.2, 0) is 4.79 Å². The summed E-state index contributed by atoms with van der Waals surface area (Å²) >= 11 is 1.56. The predicted octanol–water partition coefficient (Wildman–Crippen LogP) is 1.80. The van der Waals surface area contributed by atoms with Crippen molar-refractivity contribution in [1.29, 1.82) is 0 Å². The first-order valence-electron chi connectivity index (χ1n) is 5.00. The number of nitro groups is 1. The van der Waals surface area contributed by atoms with Crippen LogP contribution in [-0.4, -0.2) is 23.0 Å². The zero-order chi connectivity index (χ0) is 12.3. The van der Waals surface area contributed by atoms with Gasteiger partial charge in [0.25, 0.3) is 5.69 Å². The first kappa shape index (κ1) is 11.7. The minimum atomic E-state index is -0.424. The van der Waals surface area contributed by atoms with Crippen molar-refractivity contribution in [1.82, 2.24) is 5.32 Å². The Morgan fingerprint density at radius 1 is 1.41 bits per heavy atom. The van der Waals surface area contributed by atoms with Crippen LogP contribution < -0.4 is 5.32 Å². The van der Waals surface area contributed by atoms with E-state index in [2.05, 4.69) is 5.32 Å². The Morgan fingerprint density at radius 2 is 2.12 bits per heavy atom. The Hall–Kier alpha value is -1.82. The molecule has 1 N–H and O–H groups in total. The normalized spacial score (nSPS) is 19.1. The topological polar surface area (TPSA) is 72.2 Å². The Balaban J connectivity index is 2.16. The Kier molecular flexibility index (Phi) is 3.43. The number of nitrogens with zero attached hydrogens (tertiary/aromatic N) is 1. The molecule has 0 amide bonds. The molecular formula is C11H10N2O3S. The molecule has 5 nitrogen and oxygen atoms in total. The fourth-order valence-corrected chi connectivity index (χ4v) is 2.43. The van der Waals surface area contributed by atoms with E-state index >= 15 is 0 Å². The lowest BCUT2D eigenvalue weighted by atomic mass is 10.2. The number of carbonyl (C=O) groups is 1. The Bertz CT molecular complexity index is 470. The first-order valence-corrected chi connectivity index (χ1v) is 5.98. The van der Waals surface area contributed by atoms with E-state index in [9.17, 15) is 14.9 Å². The van der Waals surface area contributed by atoms with Crippen molar-refractivity contribution in [2.75, 3.05) is 5.75 Å². The summed E-state index contributed by atoms with van der Waals surface area (Å²) in [6.07, 6.45) is 2.64. The number of nitrogens with one attached hydrogen (secondary N) is 1. The van der Waals surface area contributed by atoms with Crippen LogP contribution in [0.2, 0.25) is 0 Å². The molecule has 88 valence electrons. The Labute approximate surface area is 102 Å². The fourth-order valence-electron chi connectivity index (χ4n) is 1.44. The fraction of sp³-hybridized carbons (Fsp3) is 0.182. The first-order chi connectivity index (χ1) is 8.20. The maximum Gasteiger partial charge on any atom is 0.269 e. The van der Waals surface area contributed by atoms with E-state index in [0.29, 0.717) is 5.75 Å². The predicted molar refractivity (Wildman–Crippen MR) is 66.5 cm³/mol. The molecule has 1 atom stereocenters. The molecule has 0 radical (unpaired) electrons. The molecule has 2 rings (SSSR count). The van der Waals surface area contributed by atoms with Crippen molar-refractivity contribution < 1.29 is 9.72 Å². The van der Waals surface area contributed by atoms with Crippen LogP contribution in [0.3, 0.4) is 0 Å². The average Bonchev–Trinajstić information content (AvgIpc) is 2.39. The van der Waals surface area contributed by atoms with Crippen molar-refractivity contribution in [2.45, 2.75) is 6.04 Å². The van der Waals surface area contributed by atoms with Gasteiger partial charge in [-0.2, -0.15) is 0 Å². The van der Waals surface area contributed by atoms with E-state index in [1.165, 1.54) is 12.1 Å². The minimum absolute atomic E-state index is 0.0777. The van der Waals surface area contributed by atoms with Gasteiger partial charge >= 0.3 is 0 Å². The number of aldehydes is 1. The summed E-state index contributed by atoms with van der Waals surface area (Å²) in [6, 6.07) is 6.21. The van der Waals surface area contributed by atoms with Gasteiger partial charge in [-0.15, -0.1) is 11.8 Å². The third-order valence-corrected chi connectivity index (χ3v) is 3.56. The van der Waals surface area contributed by atoms with Gasteiger partial charge in [-0.05, 0) is 17.7 Å². The molecule has 0 spiro atoms. The number of hydrogen-bond donors (Lipinski definition) is 1. The van der Waals surface area contributed by atoms with E-state index in [4.69, 9.17) is 0 Å². The average molecular weight is 250 g/mol. The molecule has 0 fully saturated rings. The van der Waals surface area contributed by atoms with Gasteiger partial charge < -0.3 is 10.1 Å². The van der Waals surface area contributed by atoms with Gasteiger partial charge in [0.2, 0.25) is 0 Å². The molecule has 1 aliphatic heterocycles. The molecule has 0 bridgehead atoms. The summed E-state index contributed by atoms with van der Waals surface area (Å²) in [5, 5.41) is 13.5. The second kappa shape index (κ2) is 5.01. The van der Waals surface area contributed by atoms with Crippen molar-refractivity contribution in [3.8, 4) is 0 Å². The lowest BCUT2D eigenvalue weighted by molar-refractivity contribution is -0.384. The monoisotopic (exact) mass is 250 g/mol. The lowest BCUT2D eigenvalue weighted by Gasteiger charge is -2.18. The van der Waals surface area contributed by atoms with Crippen molar-refractivity contribution in [3.63, 3.8) is 0 Å². The van der Waals surface area contributed by atoms with Gasteiger partial charge in [-0.3, -0.25) is 10.1 Å². The number of non-ortho nitro benzene ring substituents is 1. The van der Waals surface area contributed by atoms with Crippen LogP contribution in [0.25, 0.3) is 4.91 Å². The second-order valence-electron chi connectivity index (χ2n) is 3.53. The number of rotatable bonds is 3. The van der Waals surface area contributed by atoms with Crippen molar-refractivity contribution in [3.05, 3.63) is 46.1 Å². The number of nitro benzene ring substituents is 1. The zero-order valence-electron chi connectivity index (χ0n) is 8.83. The second-order valence-corrected chi connectivity index (χ2v) is 4.59. The molecule has 1 unspecified atom stereocenters. The highest BCUT2D eigenvalue weighted by Crippen LogP contribution is 2.30. The molecule has 0 aliphatic carbocycles. The van der Waals surface area contributed by atoms with Gasteiger partial charge in [-0.1, -0.05) is 0 Å². The van der Waals surface area contributed by atoms with E-state index in [1.807, 2.05) is 0 Å². The summed E-state index contributed by atoms with van der Waals surface area (Å²) in [6.45, 7) is 0. The van der Waals surface area contributed by atoms with Gasteiger partial charge in [0.1, 0.15) is 6.29 Å². The molecule has 0 saturated heterocycles. The number of carbonyl (C=O) groups excluding carboxylic acids is 1. The van der Waals surface area contributed by atoms with E-state index in [0.717, 1.165) is 16.8 Å². The molecule has 1 heterocycles. The van der Waals surface area contributed by atoms with Crippen LogP contribution in [0.15, 0.2) is 30.5 Å². The SMILES string of the molecule is O=CC1CSC(c2ccc([N+](=O)[O-])cc2)=CN1. The van der Waals surface area contributed by atoms with Gasteiger partial charge in [0.15, 0.2) is 0 Å². The summed E-state index contributed by atoms with van der Waals surface area (Å²) in [5.74, 6) is 0.673. The molecule has 1 aromatic carbocycles. The van der Waals surface area contributed by atoms with Crippen molar-refractivity contribution in [2.24, 2.45) is 0 Å². The largest absolute Gasteiger partial charge is 0.380 e. The standard InChI is InChI=1S/C11H10N2O3S/c14-6-9-7-17-11(5-12-9)8-1-3-10(4-2-8)13(15)16/h1-6,9,12H,7H2. The maximum atomic E-state index is 10.5. The van der Waals surface area contributed by atoms with E-state index in [-0.39, 0.29) is 11.7 Å². The van der Waals surface area contributed by atoms with Crippen LogP contribution in [0.4, 0.5) is 5.69 Å². The molecule has 0 saturated carbocycles. The van der Waals surface area contributed by atoms with Crippen LogP contribution >= 0.6 is 11.8 Å². The third kappa shape index (κ3) is 2.65. The lowest BCUT2D eigenvalue weighted by Crippen LogP contribution is -2.31. The Morgan fingerprint density at radius 3 is 2.59 bits per heavy atom. The quantitative estimate of drug-likeness (QED) is 0.503. The molecule has 6 heteroatoms. The van der Waals surface area contributed by atoms with Crippen molar-refractivity contribution >= 4 is 28.6 Å². The molecule has 0 aromatic heterocycles. The van der Waals surface area contributed by atoms with E-state index in [1.54, 1.807) is 30.1 Å². The van der Waals surface area contributed by atoms with Crippen LogP contribution in [0.1, 0.15) is 5.56 Å². The van der Waals surface area contributed by atoms with Gasteiger partial charge in [0.05, 0.1) is 11.0 Å². The minimum Gasteiger partial charge on any atom is -0.380 e. The summed E-state index contributed by atoms with van der Waals surface area (Å²) in [4.78, 5) is 21.6. The highest BCUT2D eigenvalue weighted by Gasteiger charge is 2.15. The number of hydrogen-bond acceptors (Lipinski definition) is 5.